The van der Waals surface area contributed by atoms with Crippen LogP contribution in [0.15, 0.2) is 0 Å². The van der Waals surface area contributed by atoms with E-state index in [9.17, 15) is 0 Å². The topological polar surface area (TPSA) is 0 Å². The van der Waals surface area contributed by atoms with Gasteiger partial charge in [-0.2, -0.15) is 0 Å². The molecule has 0 bridgehead atoms. The van der Waals surface area contributed by atoms with E-state index in [1.54, 1.807) is 0 Å². The van der Waals surface area contributed by atoms with Crippen molar-refractivity contribution in [2.75, 3.05) is 6.16 Å². The first kappa shape index (κ1) is 15.5. The van der Waals surface area contributed by atoms with Gasteiger partial charge in [0.15, 0.2) is 0 Å². The first-order valence-electron chi connectivity index (χ1n) is 5.57. The van der Waals surface area contributed by atoms with Crippen LogP contribution in [-0.2, 0) is 0 Å². The molecule has 1 heteroatoms. The molecule has 0 aromatic rings. The summed E-state index contributed by atoms with van der Waals surface area (Å²) in [6.45, 7) is 6.09. The Kier molecular flexibility index (Phi) is 21.3. The molecule has 1 rings (SSSR count). The maximum Gasteiger partial charge on any atom is 0.00886 e. The van der Waals surface area contributed by atoms with Gasteiger partial charge in [-0.3, -0.25) is 0 Å². The summed E-state index contributed by atoms with van der Waals surface area (Å²) >= 11 is 0. The summed E-state index contributed by atoms with van der Waals surface area (Å²) in [6.07, 6.45) is 8.89. The predicted molar refractivity (Wildman–Crippen MR) is 67.1 cm³/mol. The van der Waals surface area contributed by atoms with Crippen LogP contribution in [0, 0.1) is 11.8 Å². The van der Waals surface area contributed by atoms with Crippen molar-refractivity contribution >= 4 is 9.24 Å². The lowest BCUT2D eigenvalue weighted by atomic mass is 10.1. The lowest BCUT2D eigenvalue weighted by Gasteiger charge is -1.97. The molecule has 0 saturated heterocycles. The zero-order chi connectivity index (χ0) is 10.4. The minimum atomic E-state index is 1.14. The molecule has 0 spiro atoms. The average molecular weight is 200 g/mol. The molecule has 1 aliphatic rings. The summed E-state index contributed by atoms with van der Waals surface area (Å²) in [7, 11) is 2.58. The van der Waals surface area contributed by atoms with Crippen molar-refractivity contribution in [1.82, 2.24) is 0 Å². The van der Waals surface area contributed by atoms with Gasteiger partial charge in [-0.1, -0.05) is 33.6 Å². The Bertz CT molecular complexity index is 107. The van der Waals surface area contributed by atoms with E-state index in [-0.39, 0.29) is 0 Å². The Balaban J connectivity index is 0. The van der Waals surface area contributed by atoms with Crippen LogP contribution < -0.4 is 0 Å². The second-order valence-corrected chi connectivity index (χ2v) is 3.49. The maximum absolute atomic E-state index is 3.14. The molecule has 0 amide bonds. The van der Waals surface area contributed by atoms with Crippen LogP contribution in [0.1, 0.15) is 59.3 Å². The Hall–Kier alpha value is -0.0100. The number of hydrogen-bond donors (Lipinski definition) is 0. The lowest BCUT2D eigenvalue weighted by molar-refractivity contribution is 0.652. The minimum absolute atomic E-state index is 1.14. The molecule has 0 nitrogen and oxygen atoms in total. The standard InChI is InChI=1S/C8H12.C2H7P.C2H6/c1-2-4-6-8-7-5-3-1;1-2-3;1-2/h1-6H2;2-3H2,1H3;1-2H3. The largest absolute Gasteiger partial charge is 0.138 e. The second-order valence-electron chi connectivity index (χ2n) is 2.68. The SMILES string of the molecule is C1#CCCCCCC1.CC.CCP. The van der Waals surface area contributed by atoms with E-state index in [4.69, 9.17) is 0 Å². The van der Waals surface area contributed by atoms with Gasteiger partial charge in [0.2, 0.25) is 0 Å². The minimum Gasteiger partial charge on any atom is -0.138 e. The van der Waals surface area contributed by atoms with Gasteiger partial charge < -0.3 is 0 Å². The van der Waals surface area contributed by atoms with Crippen LogP contribution in [0.5, 0.6) is 0 Å². The first-order valence-corrected chi connectivity index (χ1v) is 6.39. The zero-order valence-corrected chi connectivity index (χ0v) is 10.7. The molecule has 1 aliphatic carbocycles. The summed E-state index contributed by atoms with van der Waals surface area (Å²) in [6, 6.07) is 0. The first-order chi connectivity index (χ1) is 6.41. The van der Waals surface area contributed by atoms with Crippen LogP contribution in [0.2, 0.25) is 0 Å². The zero-order valence-electron chi connectivity index (χ0n) is 9.53. The smallest absolute Gasteiger partial charge is 0.00886 e. The number of rotatable bonds is 0. The van der Waals surface area contributed by atoms with Crippen LogP contribution in [0.4, 0.5) is 0 Å². The van der Waals surface area contributed by atoms with E-state index in [1.807, 2.05) is 13.8 Å². The van der Waals surface area contributed by atoms with Crippen molar-refractivity contribution in [1.29, 1.82) is 0 Å². The predicted octanol–water partition coefficient (Wildman–Crippen LogP) is 4.25. The molecule has 1 atom stereocenters. The summed E-state index contributed by atoms with van der Waals surface area (Å²) in [4.78, 5) is 0. The van der Waals surface area contributed by atoms with Crippen molar-refractivity contribution in [2.45, 2.75) is 59.3 Å². The normalized spacial score (nSPS) is 14.2. The Morgan fingerprint density at radius 2 is 1.23 bits per heavy atom. The van der Waals surface area contributed by atoms with Crippen molar-refractivity contribution in [3.05, 3.63) is 0 Å². The lowest BCUT2D eigenvalue weighted by Crippen LogP contribution is -1.80. The Labute approximate surface area is 87.1 Å². The van der Waals surface area contributed by atoms with Crippen LogP contribution in [0.25, 0.3) is 0 Å². The molecule has 13 heavy (non-hydrogen) atoms. The highest BCUT2D eigenvalue weighted by atomic mass is 31.0. The van der Waals surface area contributed by atoms with Crippen molar-refractivity contribution in [3.63, 3.8) is 0 Å². The van der Waals surface area contributed by atoms with Gasteiger partial charge >= 0.3 is 0 Å². The summed E-state index contributed by atoms with van der Waals surface area (Å²) in [5.41, 5.74) is 0. The monoisotopic (exact) mass is 200 g/mol. The van der Waals surface area contributed by atoms with Crippen LogP contribution in [0.3, 0.4) is 0 Å². The molecular weight excluding hydrogens is 175 g/mol. The summed E-state index contributed by atoms with van der Waals surface area (Å²) in [5.74, 6) is 6.27. The molecule has 0 aromatic heterocycles. The van der Waals surface area contributed by atoms with Gasteiger partial charge in [0.25, 0.3) is 0 Å². The molecule has 0 heterocycles. The van der Waals surface area contributed by atoms with E-state index in [0.29, 0.717) is 0 Å². The maximum atomic E-state index is 3.14. The summed E-state index contributed by atoms with van der Waals surface area (Å²) in [5, 5.41) is 0. The highest BCUT2D eigenvalue weighted by Gasteiger charge is 1.89. The molecule has 0 aromatic carbocycles. The third-order valence-electron chi connectivity index (χ3n) is 1.48. The van der Waals surface area contributed by atoms with Crippen LogP contribution >= 0.6 is 9.24 Å². The molecule has 78 valence electrons. The molecule has 1 unspecified atom stereocenters. The second kappa shape index (κ2) is 17.9. The highest BCUT2D eigenvalue weighted by molar-refractivity contribution is 7.16. The average Bonchev–Trinajstić information content (AvgIpc) is 2.07. The van der Waals surface area contributed by atoms with E-state index in [0.717, 1.165) is 12.8 Å². The summed E-state index contributed by atoms with van der Waals surface area (Å²) < 4.78 is 0. The van der Waals surface area contributed by atoms with Gasteiger partial charge in [-0.15, -0.1) is 21.1 Å². The fourth-order valence-corrected chi connectivity index (χ4v) is 0.957. The van der Waals surface area contributed by atoms with E-state index >= 15 is 0 Å². The molecule has 0 N–H and O–H groups in total. The van der Waals surface area contributed by atoms with Crippen molar-refractivity contribution in [3.8, 4) is 11.8 Å². The van der Waals surface area contributed by atoms with E-state index in [1.165, 1.54) is 31.8 Å². The van der Waals surface area contributed by atoms with Gasteiger partial charge in [-0.25, -0.2) is 0 Å². The Morgan fingerprint density at radius 1 is 0.923 bits per heavy atom. The third kappa shape index (κ3) is 18.7. The Morgan fingerprint density at radius 3 is 1.54 bits per heavy atom. The van der Waals surface area contributed by atoms with Crippen molar-refractivity contribution in [2.24, 2.45) is 0 Å². The van der Waals surface area contributed by atoms with Gasteiger partial charge in [0, 0.05) is 12.8 Å². The van der Waals surface area contributed by atoms with Gasteiger partial charge in [0.1, 0.15) is 0 Å². The molecule has 0 saturated carbocycles. The molecular formula is C12H25P. The van der Waals surface area contributed by atoms with Crippen molar-refractivity contribution < 1.29 is 0 Å². The fraction of sp³-hybridized carbons (Fsp3) is 0.833. The highest BCUT2D eigenvalue weighted by Crippen LogP contribution is 2.06. The fourth-order valence-electron chi connectivity index (χ4n) is 0.957. The molecule has 0 fully saturated rings. The van der Waals surface area contributed by atoms with Gasteiger partial charge in [0.05, 0.1) is 0 Å². The molecule has 0 radical (unpaired) electrons. The van der Waals surface area contributed by atoms with E-state index in [2.05, 4.69) is 28.0 Å². The van der Waals surface area contributed by atoms with E-state index < -0.39 is 0 Å². The quantitative estimate of drug-likeness (QED) is 0.405. The van der Waals surface area contributed by atoms with Gasteiger partial charge in [-0.05, 0) is 19.0 Å². The number of hydrogen-bond acceptors (Lipinski definition) is 0. The third-order valence-corrected chi connectivity index (χ3v) is 1.48. The molecule has 0 aliphatic heterocycles. The van der Waals surface area contributed by atoms with Crippen LogP contribution in [-0.4, -0.2) is 6.16 Å².